The molecule has 0 bridgehead atoms. The van der Waals surface area contributed by atoms with Crippen LogP contribution in [0.4, 0.5) is 13.2 Å². The van der Waals surface area contributed by atoms with Gasteiger partial charge in [0.25, 0.3) is 5.92 Å². The summed E-state index contributed by atoms with van der Waals surface area (Å²) in [6.45, 7) is 0. The first-order valence-corrected chi connectivity index (χ1v) is 3.95. The zero-order valence-electron chi connectivity index (χ0n) is 6.90. The first kappa shape index (κ1) is 9.11. The number of carboxylic acid groups (broad SMARTS) is 1. The molecule has 76 valence electrons. The van der Waals surface area contributed by atoms with Crippen LogP contribution in [-0.2, 0) is 12.3 Å². The molecule has 14 heavy (non-hydrogen) atoms. The van der Waals surface area contributed by atoms with Crippen molar-refractivity contribution in [3.63, 3.8) is 0 Å². The number of H-pyrrole nitrogens is 1. The van der Waals surface area contributed by atoms with E-state index in [2.05, 4.69) is 0 Å². The lowest BCUT2D eigenvalue weighted by Crippen LogP contribution is -2.10. The third kappa shape index (κ3) is 1.03. The van der Waals surface area contributed by atoms with Gasteiger partial charge in [0, 0.05) is 12.0 Å². The number of aromatic amines is 1. The molecule has 2 rings (SSSR count). The van der Waals surface area contributed by atoms with Crippen molar-refractivity contribution in [2.75, 3.05) is 0 Å². The van der Waals surface area contributed by atoms with Crippen molar-refractivity contribution < 1.29 is 23.1 Å². The van der Waals surface area contributed by atoms with Gasteiger partial charge in [-0.05, 0) is 6.42 Å². The Hall–Kier alpha value is -1.46. The minimum absolute atomic E-state index is 0.127. The van der Waals surface area contributed by atoms with Crippen LogP contribution in [0, 0.1) is 5.82 Å². The molecule has 0 aliphatic heterocycles. The van der Waals surface area contributed by atoms with E-state index in [-0.39, 0.29) is 12.0 Å². The molecule has 1 aromatic heterocycles. The van der Waals surface area contributed by atoms with Crippen molar-refractivity contribution in [3.8, 4) is 0 Å². The fraction of sp³-hybridized carbons (Fsp3) is 0.375. The smallest absolute Gasteiger partial charge is 0.355 e. The van der Waals surface area contributed by atoms with Crippen LogP contribution in [0.3, 0.4) is 0 Å². The van der Waals surface area contributed by atoms with E-state index in [1.807, 2.05) is 4.98 Å². The van der Waals surface area contributed by atoms with Crippen molar-refractivity contribution in [1.29, 1.82) is 0 Å². The van der Waals surface area contributed by atoms with E-state index in [1.165, 1.54) is 0 Å². The zero-order chi connectivity index (χ0) is 10.5. The van der Waals surface area contributed by atoms with E-state index in [0.717, 1.165) is 0 Å². The minimum atomic E-state index is -3.14. The van der Waals surface area contributed by atoms with Gasteiger partial charge < -0.3 is 10.1 Å². The fourth-order valence-electron chi connectivity index (χ4n) is 1.62. The first-order valence-electron chi connectivity index (χ1n) is 3.95. The van der Waals surface area contributed by atoms with Crippen molar-refractivity contribution in [2.45, 2.75) is 18.8 Å². The average molecular weight is 205 g/mol. The quantitative estimate of drug-likeness (QED) is 0.735. The van der Waals surface area contributed by atoms with E-state index >= 15 is 0 Å². The van der Waals surface area contributed by atoms with Crippen LogP contribution in [0.15, 0.2) is 0 Å². The van der Waals surface area contributed by atoms with Crippen molar-refractivity contribution in [3.05, 3.63) is 22.8 Å². The molecular weight excluding hydrogens is 199 g/mol. The maximum atomic E-state index is 13.2. The maximum absolute atomic E-state index is 13.2. The summed E-state index contributed by atoms with van der Waals surface area (Å²) in [5, 5.41) is 8.48. The van der Waals surface area contributed by atoms with Gasteiger partial charge in [-0.25, -0.2) is 9.18 Å². The highest BCUT2D eigenvalue weighted by molar-refractivity contribution is 5.86. The van der Waals surface area contributed by atoms with Gasteiger partial charge in [0.05, 0.1) is 5.69 Å². The largest absolute Gasteiger partial charge is 0.476 e. The van der Waals surface area contributed by atoms with Crippen LogP contribution in [-0.4, -0.2) is 16.1 Å². The molecule has 0 fully saturated rings. The van der Waals surface area contributed by atoms with Gasteiger partial charge in [-0.1, -0.05) is 0 Å². The Bertz CT molecular complexity index is 411. The summed E-state index contributed by atoms with van der Waals surface area (Å²) < 4.78 is 39.2. The summed E-state index contributed by atoms with van der Waals surface area (Å²) >= 11 is 0. The molecule has 0 unspecified atom stereocenters. The standard InChI is InChI=1S/C8H6F3NO2/c9-4-3-1-2-8(10,11)6(3)12-5(4)7(13)14/h12H,1-2H2,(H,13,14). The molecule has 0 saturated carbocycles. The number of aromatic carboxylic acids is 1. The van der Waals surface area contributed by atoms with E-state index < -0.39 is 35.5 Å². The van der Waals surface area contributed by atoms with E-state index in [9.17, 15) is 18.0 Å². The average Bonchev–Trinajstić information content (AvgIpc) is 2.53. The Morgan fingerprint density at radius 1 is 1.50 bits per heavy atom. The fourth-order valence-corrected chi connectivity index (χ4v) is 1.62. The lowest BCUT2D eigenvalue weighted by atomic mass is 10.2. The van der Waals surface area contributed by atoms with Gasteiger partial charge >= 0.3 is 5.97 Å². The number of fused-ring (bicyclic) bond motifs is 1. The lowest BCUT2D eigenvalue weighted by molar-refractivity contribution is -0.00591. The Labute approximate surface area is 76.5 Å². The Morgan fingerprint density at radius 2 is 2.14 bits per heavy atom. The zero-order valence-corrected chi connectivity index (χ0v) is 6.90. The molecule has 3 nitrogen and oxygen atoms in total. The van der Waals surface area contributed by atoms with Gasteiger partial charge in [0.2, 0.25) is 0 Å². The SMILES string of the molecule is O=C(O)c1[nH]c2c(c1F)CCC2(F)F. The van der Waals surface area contributed by atoms with Gasteiger partial charge in [0.15, 0.2) is 11.5 Å². The van der Waals surface area contributed by atoms with Crippen LogP contribution in [0.5, 0.6) is 0 Å². The number of carbonyl (C=O) groups is 1. The number of nitrogens with one attached hydrogen (secondary N) is 1. The van der Waals surface area contributed by atoms with Gasteiger partial charge in [-0.15, -0.1) is 0 Å². The second-order valence-electron chi connectivity index (χ2n) is 3.18. The topological polar surface area (TPSA) is 53.1 Å². The van der Waals surface area contributed by atoms with Crippen molar-refractivity contribution in [1.82, 2.24) is 4.98 Å². The Balaban J connectivity index is 2.60. The van der Waals surface area contributed by atoms with Crippen LogP contribution < -0.4 is 0 Å². The molecule has 0 radical (unpaired) electrons. The molecule has 0 aromatic carbocycles. The summed E-state index contributed by atoms with van der Waals surface area (Å²) in [7, 11) is 0. The normalized spacial score (nSPS) is 18.2. The lowest BCUT2D eigenvalue weighted by Gasteiger charge is -2.06. The minimum Gasteiger partial charge on any atom is -0.476 e. The molecule has 0 amide bonds. The molecule has 1 aliphatic rings. The Kier molecular flexibility index (Phi) is 1.64. The molecule has 1 heterocycles. The highest BCUT2D eigenvalue weighted by Crippen LogP contribution is 2.42. The molecule has 0 atom stereocenters. The number of alkyl halides is 2. The van der Waals surface area contributed by atoms with Crippen LogP contribution in [0.25, 0.3) is 0 Å². The van der Waals surface area contributed by atoms with E-state index in [4.69, 9.17) is 5.11 Å². The van der Waals surface area contributed by atoms with Crippen molar-refractivity contribution >= 4 is 5.97 Å². The summed E-state index contributed by atoms with van der Waals surface area (Å²) in [5.41, 5.74) is -1.57. The Morgan fingerprint density at radius 3 is 2.64 bits per heavy atom. The number of hydrogen-bond donors (Lipinski definition) is 2. The number of halogens is 3. The van der Waals surface area contributed by atoms with Gasteiger partial charge in [-0.3, -0.25) is 0 Å². The molecule has 2 N–H and O–H groups in total. The van der Waals surface area contributed by atoms with E-state index in [0.29, 0.717) is 0 Å². The molecule has 0 spiro atoms. The number of aromatic nitrogens is 1. The van der Waals surface area contributed by atoms with Crippen molar-refractivity contribution in [2.24, 2.45) is 0 Å². The monoisotopic (exact) mass is 205 g/mol. The van der Waals surface area contributed by atoms with E-state index in [1.54, 1.807) is 0 Å². The summed E-state index contributed by atoms with van der Waals surface area (Å²) in [5.74, 6) is -5.76. The summed E-state index contributed by atoms with van der Waals surface area (Å²) in [4.78, 5) is 12.3. The summed E-state index contributed by atoms with van der Waals surface area (Å²) in [6.07, 6.45) is -0.594. The highest BCUT2D eigenvalue weighted by atomic mass is 19.3. The first-order chi connectivity index (χ1) is 6.43. The van der Waals surface area contributed by atoms with Crippen LogP contribution in [0.1, 0.15) is 28.2 Å². The summed E-state index contributed by atoms with van der Waals surface area (Å²) in [6, 6.07) is 0. The predicted octanol–water partition coefficient (Wildman–Crippen LogP) is 1.89. The molecular formula is C8H6F3NO2. The predicted molar refractivity (Wildman–Crippen MR) is 39.9 cm³/mol. The number of hydrogen-bond acceptors (Lipinski definition) is 1. The van der Waals surface area contributed by atoms with Crippen LogP contribution >= 0.6 is 0 Å². The molecule has 1 aromatic rings. The van der Waals surface area contributed by atoms with Gasteiger partial charge in [-0.2, -0.15) is 8.78 Å². The molecule has 1 aliphatic carbocycles. The third-order valence-electron chi connectivity index (χ3n) is 2.30. The number of rotatable bonds is 1. The van der Waals surface area contributed by atoms with Crippen LogP contribution in [0.2, 0.25) is 0 Å². The second-order valence-corrected chi connectivity index (χ2v) is 3.18. The highest BCUT2D eigenvalue weighted by Gasteiger charge is 2.44. The number of carboxylic acids is 1. The maximum Gasteiger partial charge on any atom is 0.355 e. The second kappa shape index (κ2) is 2.52. The third-order valence-corrected chi connectivity index (χ3v) is 2.30. The molecule has 6 heteroatoms. The van der Waals surface area contributed by atoms with Gasteiger partial charge in [0.1, 0.15) is 0 Å². The molecule has 0 saturated heterocycles.